The molecule has 6 nitrogen and oxygen atoms in total. The van der Waals surface area contributed by atoms with Crippen molar-refractivity contribution >= 4 is 11.6 Å². The predicted molar refractivity (Wildman–Crippen MR) is 98.9 cm³/mol. The molecule has 0 saturated carbocycles. The van der Waals surface area contributed by atoms with Crippen LogP contribution in [0.1, 0.15) is 27.0 Å². The molecule has 1 amide bonds. The summed E-state index contributed by atoms with van der Waals surface area (Å²) >= 11 is 0. The minimum atomic E-state index is -1.60. The molecule has 1 N–H and O–H groups in total. The van der Waals surface area contributed by atoms with E-state index in [0.717, 1.165) is 0 Å². The van der Waals surface area contributed by atoms with Crippen LogP contribution < -0.4 is 0 Å². The lowest BCUT2D eigenvalue weighted by atomic mass is 9.93. The third-order valence-electron chi connectivity index (χ3n) is 4.83. The van der Waals surface area contributed by atoms with E-state index in [1.165, 1.54) is 17.0 Å². The van der Waals surface area contributed by atoms with E-state index in [1.54, 1.807) is 48.5 Å². The van der Waals surface area contributed by atoms with Gasteiger partial charge in [0.2, 0.25) is 0 Å². The highest BCUT2D eigenvalue weighted by molar-refractivity contribution is 6.00. The van der Waals surface area contributed by atoms with Gasteiger partial charge in [-0.25, -0.2) is 0 Å². The Morgan fingerprint density at radius 2 is 1.56 bits per heavy atom. The van der Waals surface area contributed by atoms with E-state index >= 15 is 0 Å². The molecule has 0 fully saturated rings. The molecular weight excluding hydrogens is 344 g/mol. The minimum absolute atomic E-state index is 0.0203. The molecule has 3 aromatic carbocycles. The van der Waals surface area contributed by atoms with E-state index in [9.17, 15) is 20.0 Å². The summed E-state index contributed by atoms with van der Waals surface area (Å²) < 4.78 is 0. The molecule has 6 heteroatoms. The number of hydrogen-bond acceptors (Lipinski definition) is 4. The van der Waals surface area contributed by atoms with Crippen molar-refractivity contribution in [2.45, 2.75) is 12.3 Å². The number of amides is 1. The van der Waals surface area contributed by atoms with Crippen LogP contribution >= 0.6 is 0 Å². The third kappa shape index (κ3) is 2.67. The number of hydrogen-bond donors (Lipinski definition) is 1. The molecule has 1 heterocycles. The summed E-state index contributed by atoms with van der Waals surface area (Å²) in [4.78, 5) is 24.8. The Labute approximate surface area is 155 Å². The highest BCUT2D eigenvalue weighted by Crippen LogP contribution is 2.42. The fourth-order valence-electron chi connectivity index (χ4n) is 3.49. The Hall–Kier alpha value is -3.51. The van der Waals surface area contributed by atoms with Crippen LogP contribution in [-0.2, 0) is 12.3 Å². The molecule has 0 bridgehead atoms. The first-order valence-electron chi connectivity index (χ1n) is 8.44. The number of nitro benzene ring substituents is 1. The van der Waals surface area contributed by atoms with Crippen LogP contribution in [-0.4, -0.2) is 20.8 Å². The Bertz CT molecular complexity index is 1020. The number of carbonyl (C=O) groups is 1. The minimum Gasteiger partial charge on any atom is -0.363 e. The average molecular weight is 360 g/mol. The Morgan fingerprint density at radius 1 is 0.926 bits per heavy atom. The van der Waals surface area contributed by atoms with Crippen LogP contribution in [0.2, 0.25) is 0 Å². The van der Waals surface area contributed by atoms with E-state index in [-0.39, 0.29) is 18.1 Å². The molecule has 1 aliphatic heterocycles. The second-order valence-electron chi connectivity index (χ2n) is 6.40. The lowest BCUT2D eigenvalue weighted by Crippen LogP contribution is -2.44. The topological polar surface area (TPSA) is 83.7 Å². The summed E-state index contributed by atoms with van der Waals surface area (Å²) in [5.41, 5.74) is 0.639. The molecule has 1 atom stereocenters. The SMILES string of the molecule is O=C1c2ccccc2C(O)(c2ccccc2)N1Cc1ccc([N+](=O)[O-])cc1. The number of non-ortho nitro benzene ring substituents is 1. The van der Waals surface area contributed by atoms with Crippen LogP contribution in [0, 0.1) is 10.1 Å². The van der Waals surface area contributed by atoms with Crippen molar-refractivity contribution in [2.24, 2.45) is 0 Å². The van der Waals surface area contributed by atoms with Gasteiger partial charge in [0.05, 0.1) is 4.92 Å². The standard InChI is InChI=1S/C21H16N2O4/c24-20-18-8-4-5-9-19(18)21(25,16-6-2-1-3-7-16)22(20)14-15-10-12-17(13-11-15)23(26)27/h1-13,25H,14H2. The summed E-state index contributed by atoms with van der Waals surface area (Å²) in [7, 11) is 0. The molecule has 1 unspecified atom stereocenters. The maximum absolute atomic E-state index is 13.0. The first-order chi connectivity index (χ1) is 13.0. The monoisotopic (exact) mass is 360 g/mol. The van der Waals surface area contributed by atoms with E-state index in [1.807, 2.05) is 18.2 Å². The molecule has 0 saturated heterocycles. The zero-order chi connectivity index (χ0) is 19.0. The smallest absolute Gasteiger partial charge is 0.269 e. The normalized spacial score (nSPS) is 18.4. The lowest BCUT2D eigenvalue weighted by Gasteiger charge is -2.35. The molecule has 0 radical (unpaired) electrons. The summed E-state index contributed by atoms with van der Waals surface area (Å²) in [5.74, 6) is -0.282. The van der Waals surface area contributed by atoms with E-state index in [4.69, 9.17) is 0 Å². The van der Waals surface area contributed by atoms with Gasteiger partial charge in [0.1, 0.15) is 0 Å². The van der Waals surface area contributed by atoms with Crippen molar-refractivity contribution in [3.05, 3.63) is 111 Å². The Balaban J connectivity index is 1.79. The first kappa shape index (κ1) is 16.9. The van der Waals surface area contributed by atoms with Gasteiger partial charge in [-0.2, -0.15) is 0 Å². The van der Waals surface area contributed by atoms with Crippen LogP contribution in [0.5, 0.6) is 0 Å². The Morgan fingerprint density at radius 3 is 2.22 bits per heavy atom. The van der Waals surface area contributed by atoms with E-state index < -0.39 is 10.6 Å². The number of carbonyl (C=O) groups excluding carboxylic acids is 1. The van der Waals surface area contributed by atoms with Gasteiger partial charge in [-0.3, -0.25) is 19.8 Å². The van der Waals surface area contributed by atoms with Crippen LogP contribution in [0.25, 0.3) is 0 Å². The molecule has 4 rings (SSSR count). The molecule has 3 aromatic rings. The largest absolute Gasteiger partial charge is 0.363 e. The fraction of sp³-hybridized carbons (Fsp3) is 0.0952. The zero-order valence-corrected chi connectivity index (χ0v) is 14.3. The van der Waals surface area contributed by atoms with Crippen molar-refractivity contribution in [3.63, 3.8) is 0 Å². The molecule has 0 aliphatic carbocycles. The van der Waals surface area contributed by atoms with Gasteiger partial charge in [0.25, 0.3) is 11.6 Å². The predicted octanol–water partition coefficient (Wildman–Crippen LogP) is 3.44. The lowest BCUT2D eigenvalue weighted by molar-refractivity contribution is -0.384. The van der Waals surface area contributed by atoms with Gasteiger partial charge in [0.15, 0.2) is 5.72 Å². The van der Waals surface area contributed by atoms with Gasteiger partial charge in [0, 0.05) is 35.4 Å². The number of fused-ring (bicyclic) bond motifs is 1. The summed E-state index contributed by atoms with van der Waals surface area (Å²) in [6.07, 6.45) is 0. The van der Waals surface area contributed by atoms with Gasteiger partial charge in [-0.05, 0) is 11.6 Å². The number of aliphatic hydroxyl groups is 1. The van der Waals surface area contributed by atoms with Crippen LogP contribution in [0.15, 0.2) is 78.9 Å². The maximum atomic E-state index is 13.0. The second-order valence-corrected chi connectivity index (χ2v) is 6.40. The van der Waals surface area contributed by atoms with Crippen molar-refractivity contribution in [3.8, 4) is 0 Å². The maximum Gasteiger partial charge on any atom is 0.269 e. The van der Waals surface area contributed by atoms with Crippen molar-refractivity contribution in [1.29, 1.82) is 0 Å². The highest BCUT2D eigenvalue weighted by atomic mass is 16.6. The van der Waals surface area contributed by atoms with Gasteiger partial charge in [-0.15, -0.1) is 0 Å². The van der Waals surface area contributed by atoms with Gasteiger partial charge >= 0.3 is 0 Å². The number of nitro groups is 1. The number of rotatable bonds is 4. The van der Waals surface area contributed by atoms with E-state index in [0.29, 0.717) is 22.3 Å². The molecule has 27 heavy (non-hydrogen) atoms. The third-order valence-corrected chi connectivity index (χ3v) is 4.83. The van der Waals surface area contributed by atoms with Crippen molar-refractivity contribution < 1.29 is 14.8 Å². The van der Waals surface area contributed by atoms with Gasteiger partial charge in [-0.1, -0.05) is 60.7 Å². The summed E-state index contributed by atoms with van der Waals surface area (Å²) in [6, 6.07) is 22.0. The van der Waals surface area contributed by atoms with Crippen molar-refractivity contribution in [2.75, 3.05) is 0 Å². The first-order valence-corrected chi connectivity index (χ1v) is 8.44. The average Bonchev–Trinajstić information content (AvgIpc) is 2.92. The van der Waals surface area contributed by atoms with E-state index in [2.05, 4.69) is 0 Å². The fourth-order valence-corrected chi connectivity index (χ4v) is 3.49. The molecule has 0 spiro atoms. The van der Waals surface area contributed by atoms with Crippen molar-refractivity contribution in [1.82, 2.24) is 4.90 Å². The second kappa shape index (κ2) is 6.34. The highest BCUT2D eigenvalue weighted by Gasteiger charge is 2.49. The Kier molecular flexibility index (Phi) is 3.97. The van der Waals surface area contributed by atoms with Gasteiger partial charge < -0.3 is 5.11 Å². The summed E-state index contributed by atoms with van der Waals surface area (Å²) in [6.45, 7) is 0.122. The quantitative estimate of drug-likeness (QED) is 0.571. The molecule has 134 valence electrons. The summed E-state index contributed by atoms with van der Waals surface area (Å²) in [5, 5.41) is 22.5. The number of nitrogens with zero attached hydrogens (tertiary/aromatic N) is 2. The van der Waals surface area contributed by atoms with Crippen LogP contribution in [0.3, 0.4) is 0 Å². The zero-order valence-electron chi connectivity index (χ0n) is 14.3. The number of benzene rings is 3. The molecule has 1 aliphatic rings. The molecule has 0 aromatic heterocycles. The van der Waals surface area contributed by atoms with Crippen LogP contribution in [0.4, 0.5) is 5.69 Å². The molecular formula is C21H16N2O4.